The lowest BCUT2D eigenvalue weighted by molar-refractivity contribution is -0.140. The molecular formula is C27H31FN2O7S. The Morgan fingerprint density at radius 1 is 1.05 bits per heavy atom. The summed E-state index contributed by atoms with van der Waals surface area (Å²) < 4.78 is 19.2. The number of carboxylic acids is 1. The summed E-state index contributed by atoms with van der Waals surface area (Å²) in [5, 5.41) is 14.3. The van der Waals surface area contributed by atoms with Gasteiger partial charge in [0.15, 0.2) is 11.6 Å². The molecule has 2 aromatic carbocycles. The average Bonchev–Trinajstić information content (AvgIpc) is 2.85. The number of carbonyl (C=O) groups is 5. The molecule has 9 nitrogen and oxygen atoms in total. The Labute approximate surface area is 224 Å². The second-order valence-corrected chi connectivity index (χ2v) is 9.91. The summed E-state index contributed by atoms with van der Waals surface area (Å²) in [6.45, 7) is 4.77. The number of ketones is 2. The van der Waals surface area contributed by atoms with E-state index in [1.165, 1.54) is 32.2 Å². The number of hydrogen-bond acceptors (Lipinski definition) is 7. The van der Waals surface area contributed by atoms with Crippen LogP contribution in [0.2, 0.25) is 0 Å². The molecule has 204 valence electrons. The number of halogens is 1. The van der Waals surface area contributed by atoms with Crippen LogP contribution in [0.1, 0.15) is 43.1 Å². The van der Waals surface area contributed by atoms with E-state index in [1.807, 2.05) is 0 Å². The molecule has 0 aliphatic heterocycles. The van der Waals surface area contributed by atoms with Gasteiger partial charge in [0.25, 0.3) is 0 Å². The van der Waals surface area contributed by atoms with E-state index in [1.54, 1.807) is 38.1 Å². The fourth-order valence-corrected chi connectivity index (χ4v) is 4.44. The molecule has 0 fully saturated rings. The van der Waals surface area contributed by atoms with E-state index in [4.69, 9.17) is 4.74 Å². The van der Waals surface area contributed by atoms with E-state index in [-0.39, 0.29) is 22.9 Å². The maximum absolute atomic E-state index is 13.9. The van der Waals surface area contributed by atoms with Gasteiger partial charge in [0.2, 0.25) is 11.8 Å². The highest BCUT2D eigenvalue weighted by Crippen LogP contribution is 2.22. The normalized spacial score (nSPS) is 12.4. The van der Waals surface area contributed by atoms with Crippen molar-refractivity contribution < 1.29 is 38.2 Å². The predicted molar refractivity (Wildman–Crippen MR) is 140 cm³/mol. The summed E-state index contributed by atoms with van der Waals surface area (Å²) in [7, 11) is 1.43. The van der Waals surface area contributed by atoms with Crippen LogP contribution in [0.15, 0.2) is 47.4 Å². The molecule has 0 spiro atoms. The number of carbonyl (C=O) groups excluding carboxylic acids is 4. The van der Waals surface area contributed by atoms with E-state index < -0.39 is 53.8 Å². The Bertz CT molecular complexity index is 1200. The molecule has 1 unspecified atom stereocenters. The Balaban J connectivity index is 2.12. The molecule has 0 aliphatic carbocycles. The number of methoxy groups -OCH3 is 1. The number of hydrogen-bond donors (Lipinski definition) is 3. The molecule has 0 aromatic heterocycles. The van der Waals surface area contributed by atoms with Crippen molar-refractivity contribution in [2.75, 3.05) is 12.9 Å². The molecule has 0 aliphatic rings. The summed E-state index contributed by atoms with van der Waals surface area (Å²) in [6, 6.07) is 8.09. The Morgan fingerprint density at radius 3 is 2.32 bits per heavy atom. The first-order valence-electron chi connectivity index (χ1n) is 11.8. The van der Waals surface area contributed by atoms with Crippen molar-refractivity contribution in [2.24, 2.45) is 5.92 Å². The van der Waals surface area contributed by atoms with Gasteiger partial charge in [-0.15, -0.1) is 11.8 Å². The molecule has 3 N–H and O–H groups in total. The highest BCUT2D eigenvalue weighted by atomic mass is 32.2. The Morgan fingerprint density at radius 2 is 1.74 bits per heavy atom. The van der Waals surface area contributed by atoms with Gasteiger partial charge in [0.05, 0.1) is 31.7 Å². The second kappa shape index (κ2) is 14.3. The Kier molecular flexibility index (Phi) is 11.5. The van der Waals surface area contributed by atoms with Crippen molar-refractivity contribution in [3.05, 3.63) is 59.4 Å². The van der Waals surface area contributed by atoms with Crippen molar-refractivity contribution in [2.45, 2.75) is 50.6 Å². The van der Waals surface area contributed by atoms with Gasteiger partial charge in [0.1, 0.15) is 17.6 Å². The third-order valence-electron chi connectivity index (χ3n) is 5.59. The van der Waals surface area contributed by atoms with E-state index in [0.717, 1.165) is 11.8 Å². The number of Topliss-reactive ketones (excluding diaryl/α,β-unsaturated/α-hetero) is 2. The number of amides is 2. The molecule has 0 saturated carbocycles. The minimum Gasteiger partial charge on any atom is -0.496 e. The number of carboxylic acid groups (broad SMARTS) is 1. The van der Waals surface area contributed by atoms with Crippen LogP contribution in [0, 0.1) is 11.7 Å². The number of aliphatic carboxylic acids is 1. The highest BCUT2D eigenvalue weighted by Gasteiger charge is 2.30. The number of thioether (sulfide) groups is 1. The van der Waals surface area contributed by atoms with Crippen LogP contribution < -0.4 is 15.4 Å². The number of rotatable bonds is 14. The largest absolute Gasteiger partial charge is 0.496 e. The van der Waals surface area contributed by atoms with E-state index in [2.05, 4.69) is 10.6 Å². The minimum atomic E-state index is -1.37. The molecule has 0 saturated heterocycles. The third-order valence-corrected chi connectivity index (χ3v) is 6.66. The summed E-state index contributed by atoms with van der Waals surface area (Å²) in [6.07, 6.45) is -0.853. The fraction of sp³-hybridized carbons (Fsp3) is 0.370. The zero-order chi connectivity index (χ0) is 28.4. The number of benzene rings is 2. The quantitative estimate of drug-likeness (QED) is 0.243. The standard InChI is InChI=1S/C27H31FN2O7S/c1-15(2)26(30-24(33)12-18-11-17(16(3)31)9-10-22(18)37-4)27(36)29-20(13-25(34)35)21(32)14-38-23-8-6-5-7-19(23)28/h5-11,15,20,26H,12-14H2,1-4H3,(H,29,36)(H,30,33)(H,34,35)/t20?,26-/m0/s1. The van der Waals surface area contributed by atoms with Crippen molar-refractivity contribution >= 4 is 41.1 Å². The van der Waals surface area contributed by atoms with Crippen LogP contribution in [-0.4, -0.2) is 59.4 Å². The van der Waals surface area contributed by atoms with Crippen molar-refractivity contribution in [3.8, 4) is 5.75 Å². The van der Waals surface area contributed by atoms with Crippen molar-refractivity contribution in [1.82, 2.24) is 10.6 Å². The third kappa shape index (κ3) is 8.98. The summed E-state index contributed by atoms with van der Waals surface area (Å²) in [4.78, 5) is 62.0. The molecule has 2 atom stereocenters. The summed E-state index contributed by atoms with van der Waals surface area (Å²) in [5.41, 5.74) is 0.847. The van der Waals surface area contributed by atoms with Crippen LogP contribution >= 0.6 is 11.8 Å². The molecule has 2 rings (SSSR count). The molecular weight excluding hydrogens is 515 g/mol. The van der Waals surface area contributed by atoms with Crippen LogP contribution in [0.25, 0.3) is 0 Å². The first-order valence-corrected chi connectivity index (χ1v) is 12.8. The Hall–Kier alpha value is -3.73. The first kappa shape index (κ1) is 30.5. The molecule has 2 amide bonds. The van der Waals surface area contributed by atoms with Gasteiger partial charge in [-0.25, -0.2) is 4.39 Å². The number of nitrogens with one attached hydrogen (secondary N) is 2. The summed E-state index contributed by atoms with van der Waals surface area (Å²) >= 11 is 0.896. The molecule has 0 heterocycles. The zero-order valence-electron chi connectivity index (χ0n) is 21.6. The van der Waals surface area contributed by atoms with Crippen LogP contribution in [0.4, 0.5) is 4.39 Å². The second-order valence-electron chi connectivity index (χ2n) is 8.89. The van der Waals surface area contributed by atoms with Crippen LogP contribution in [-0.2, 0) is 25.6 Å². The molecule has 2 aromatic rings. The lowest BCUT2D eigenvalue weighted by Crippen LogP contribution is -2.54. The number of ether oxygens (including phenoxy) is 1. The maximum atomic E-state index is 13.9. The van der Waals surface area contributed by atoms with E-state index in [9.17, 15) is 33.5 Å². The SMILES string of the molecule is COc1ccc(C(C)=O)cc1CC(=O)N[C@H](C(=O)NC(CC(=O)O)C(=O)CSc1ccccc1F)C(C)C. The highest BCUT2D eigenvalue weighted by molar-refractivity contribution is 8.00. The fourth-order valence-electron chi connectivity index (χ4n) is 3.56. The van der Waals surface area contributed by atoms with Gasteiger partial charge in [-0.05, 0) is 43.2 Å². The van der Waals surface area contributed by atoms with Crippen LogP contribution in [0.3, 0.4) is 0 Å². The van der Waals surface area contributed by atoms with Crippen molar-refractivity contribution in [3.63, 3.8) is 0 Å². The van der Waals surface area contributed by atoms with E-state index >= 15 is 0 Å². The maximum Gasteiger partial charge on any atom is 0.305 e. The molecule has 0 bridgehead atoms. The smallest absolute Gasteiger partial charge is 0.305 e. The van der Waals surface area contributed by atoms with Gasteiger partial charge < -0.3 is 20.5 Å². The van der Waals surface area contributed by atoms with Gasteiger partial charge in [-0.3, -0.25) is 24.0 Å². The summed E-state index contributed by atoms with van der Waals surface area (Å²) in [5.74, 6) is -4.14. The lowest BCUT2D eigenvalue weighted by Gasteiger charge is -2.25. The minimum absolute atomic E-state index is 0.183. The van der Waals surface area contributed by atoms with Gasteiger partial charge in [0, 0.05) is 16.0 Å². The topological polar surface area (TPSA) is 139 Å². The average molecular weight is 547 g/mol. The molecule has 38 heavy (non-hydrogen) atoms. The monoisotopic (exact) mass is 546 g/mol. The van der Waals surface area contributed by atoms with Gasteiger partial charge in [-0.2, -0.15) is 0 Å². The van der Waals surface area contributed by atoms with Crippen LogP contribution in [0.5, 0.6) is 5.75 Å². The molecule has 11 heteroatoms. The zero-order valence-corrected chi connectivity index (χ0v) is 22.4. The van der Waals surface area contributed by atoms with E-state index in [0.29, 0.717) is 16.9 Å². The van der Waals surface area contributed by atoms with Gasteiger partial charge >= 0.3 is 5.97 Å². The lowest BCUT2D eigenvalue weighted by atomic mass is 10.0. The van der Waals surface area contributed by atoms with Crippen molar-refractivity contribution in [1.29, 1.82) is 0 Å². The first-order chi connectivity index (χ1) is 17.9. The molecule has 0 radical (unpaired) electrons. The van der Waals surface area contributed by atoms with Gasteiger partial charge in [-0.1, -0.05) is 26.0 Å². The predicted octanol–water partition coefficient (Wildman–Crippen LogP) is 3.04.